The van der Waals surface area contributed by atoms with Gasteiger partial charge in [0.25, 0.3) is 11.8 Å². The summed E-state index contributed by atoms with van der Waals surface area (Å²) in [6, 6.07) is 9.98. The van der Waals surface area contributed by atoms with Crippen LogP contribution in [0.15, 0.2) is 48.8 Å². The zero-order valence-corrected chi connectivity index (χ0v) is 15.9. The highest BCUT2D eigenvalue weighted by atomic mass is 16.4. The Kier molecular flexibility index (Phi) is 5.44. The highest BCUT2D eigenvalue weighted by Gasteiger charge is 2.48. The second-order valence-corrected chi connectivity index (χ2v) is 7.37. The molecule has 2 heterocycles. The Bertz CT molecular complexity index is 898. The summed E-state index contributed by atoms with van der Waals surface area (Å²) in [7, 11) is 0. The highest BCUT2D eigenvalue weighted by Crippen LogP contribution is 2.38. The number of hydrogen-bond acceptors (Lipinski definition) is 4. The number of carboxylic acid groups (broad SMARTS) is 1. The van der Waals surface area contributed by atoms with Crippen LogP contribution in [0.25, 0.3) is 0 Å². The number of likely N-dealkylation sites (tertiary alicyclic amines) is 1. The molecule has 0 saturated carbocycles. The predicted octanol–water partition coefficient (Wildman–Crippen LogP) is 2.91. The van der Waals surface area contributed by atoms with E-state index in [1.54, 1.807) is 47.5 Å². The first-order valence-corrected chi connectivity index (χ1v) is 9.17. The number of carbonyl (C=O) groups excluding carboxylic acids is 2. The molecule has 1 aromatic carbocycles. The van der Waals surface area contributed by atoms with Crippen molar-refractivity contribution in [1.29, 1.82) is 0 Å². The molecule has 3 rings (SSSR count). The summed E-state index contributed by atoms with van der Waals surface area (Å²) in [6.45, 7) is 4.33. The molecule has 28 heavy (non-hydrogen) atoms. The molecule has 0 spiro atoms. The van der Waals surface area contributed by atoms with E-state index in [4.69, 9.17) is 0 Å². The first kappa shape index (κ1) is 19.5. The number of hydrogen-bond donors (Lipinski definition) is 2. The van der Waals surface area contributed by atoms with Crippen LogP contribution >= 0.6 is 0 Å². The van der Waals surface area contributed by atoms with Crippen LogP contribution < -0.4 is 5.32 Å². The third-order valence-corrected chi connectivity index (χ3v) is 5.41. The largest absolute Gasteiger partial charge is 0.481 e. The van der Waals surface area contributed by atoms with Gasteiger partial charge in [-0.05, 0) is 42.7 Å². The van der Waals surface area contributed by atoms with E-state index in [1.165, 1.54) is 6.20 Å². The number of amides is 2. The number of rotatable bonds is 5. The maximum absolute atomic E-state index is 12.9. The molecule has 1 atom stereocenters. The van der Waals surface area contributed by atoms with Gasteiger partial charge in [-0.25, -0.2) is 0 Å². The number of aliphatic carboxylic acids is 1. The maximum atomic E-state index is 12.9. The molecule has 0 radical (unpaired) electrons. The first-order valence-electron chi connectivity index (χ1n) is 9.17. The summed E-state index contributed by atoms with van der Waals surface area (Å²) in [5.41, 5.74) is 0.407. The van der Waals surface area contributed by atoms with Gasteiger partial charge in [0.05, 0.1) is 11.0 Å². The Morgan fingerprint density at radius 2 is 1.93 bits per heavy atom. The zero-order chi connectivity index (χ0) is 20.3. The quantitative estimate of drug-likeness (QED) is 0.830. The minimum atomic E-state index is -0.915. The number of nitrogens with zero attached hydrogens (tertiary/aromatic N) is 2. The average Bonchev–Trinajstić information content (AvgIpc) is 3.15. The molecular weight excluding hydrogens is 358 g/mol. The molecule has 2 amide bonds. The normalized spacial score (nSPS) is 18.9. The molecular formula is C21H23N3O4. The summed E-state index contributed by atoms with van der Waals surface area (Å²) in [5, 5.41) is 12.4. The number of benzene rings is 1. The molecule has 7 heteroatoms. The molecule has 2 N–H and O–H groups in total. The number of carbonyl (C=O) groups is 3. The van der Waals surface area contributed by atoms with Gasteiger partial charge in [0.2, 0.25) is 0 Å². The number of pyridine rings is 1. The Labute approximate surface area is 163 Å². The SMILES string of the molecule is CC(C)C1(C(=O)O)CCN(C(=O)c2cccc(NC(=O)c3cccnc3)c2)C1. The van der Waals surface area contributed by atoms with Gasteiger partial charge >= 0.3 is 5.97 Å². The van der Waals surface area contributed by atoms with Gasteiger partial charge in [0, 0.05) is 36.7 Å². The topological polar surface area (TPSA) is 99.6 Å². The predicted molar refractivity (Wildman–Crippen MR) is 104 cm³/mol. The number of anilines is 1. The van der Waals surface area contributed by atoms with Crippen LogP contribution in [-0.4, -0.2) is 45.9 Å². The fraction of sp³-hybridized carbons (Fsp3) is 0.333. The Morgan fingerprint density at radius 1 is 1.18 bits per heavy atom. The van der Waals surface area contributed by atoms with Crippen molar-refractivity contribution in [3.8, 4) is 0 Å². The smallest absolute Gasteiger partial charge is 0.311 e. The van der Waals surface area contributed by atoms with Crippen LogP contribution in [0.3, 0.4) is 0 Å². The summed E-state index contributed by atoms with van der Waals surface area (Å²) >= 11 is 0. The molecule has 1 aromatic heterocycles. The second-order valence-electron chi connectivity index (χ2n) is 7.37. The van der Waals surface area contributed by atoms with Gasteiger partial charge < -0.3 is 15.3 Å². The Morgan fingerprint density at radius 3 is 2.54 bits per heavy atom. The van der Waals surface area contributed by atoms with Crippen LogP contribution in [0.2, 0.25) is 0 Å². The van der Waals surface area contributed by atoms with Crippen molar-refractivity contribution in [3.05, 3.63) is 59.9 Å². The van der Waals surface area contributed by atoms with E-state index in [9.17, 15) is 19.5 Å². The third kappa shape index (κ3) is 3.74. The van der Waals surface area contributed by atoms with E-state index < -0.39 is 11.4 Å². The third-order valence-electron chi connectivity index (χ3n) is 5.41. The number of nitrogens with one attached hydrogen (secondary N) is 1. The Balaban J connectivity index is 1.74. The van der Waals surface area contributed by atoms with Crippen molar-refractivity contribution in [1.82, 2.24) is 9.88 Å². The van der Waals surface area contributed by atoms with E-state index in [0.29, 0.717) is 29.8 Å². The van der Waals surface area contributed by atoms with Crippen LogP contribution in [0.5, 0.6) is 0 Å². The van der Waals surface area contributed by atoms with Crippen LogP contribution in [0.1, 0.15) is 41.0 Å². The van der Waals surface area contributed by atoms with E-state index >= 15 is 0 Å². The van der Waals surface area contributed by atoms with Crippen molar-refractivity contribution < 1.29 is 19.5 Å². The van der Waals surface area contributed by atoms with Crippen molar-refractivity contribution in [2.24, 2.45) is 11.3 Å². The van der Waals surface area contributed by atoms with Gasteiger partial charge in [-0.2, -0.15) is 0 Å². The molecule has 7 nitrogen and oxygen atoms in total. The van der Waals surface area contributed by atoms with Crippen LogP contribution in [-0.2, 0) is 4.79 Å². The van der Waals surface area contributed by atoms with Crippen molar-refractivity contribution in [2.75, 3.05) is 18.4 Å². The molecule has 0 bridgehead atoms. The van der Waals surface area contributed by atoms with Crippen LogP contribution in [0, 0.1) is 11.3 Å². The summed E-state index contributed by atoms with van der Waals surface area (Å²) in [5.74, 6) is -1.49. The number of aromatic nitrogens is 1. The van der Waals surface area contributed by atoms with Crippen molar-refractivity contribution in [2.45, 2.75) is 20.3 Å². The Hall–Kier alpha value is -3.22. The highest BCUT2D eigenvalue weighted by molar-refractivity contribution is 6.05. The maximum Gasteiger partial charge on any atom is 0.311 e. The summed E-state index contributed by atoms with van der Waals surface area (Å²) in [6.07, 6.45) is 3.48. The minimum Gasteiger partial charge on any atom is -0.481 e. The van der Waals surface area contributed by atoms with Crippen molar-refractivity contribution >= 4 is 23.5 Å². The average molecular weight is 381 g/mol. The van der Waals surface area contributed by atoms with Gasteiger partial charge in [0.15, 0.2) is 0 Å². The molecule has 146 valence electrons. The first-order chi connectivity index (χ1) is 13.3. The fourth-order valence-corrected chi connectivity index (χ4v) is 3.51. The molecule has 1 saturated heterocycles. The number of carboxylic acids is 1. The van der Waals surface area contributed by atoms with Gasteiger partial charge in [-0.3, -0.25) is 19.4 Å². The van der Waals surface area contributed by atoms with Gasteiger partial charge in [0.1, 0.15) is 0 Å². The lowest BCUT2D eigenvalue weighted by atomic mass is 9.76. The van der Waals surface area contributed by atoms with Crippen molar-refractivity contribution in [3.63, 3.8) is 0 Å². The molecule has 2 aromatic rings. The molecule has 1 unspecified atom stereocenters. The lowest BCUT2D eigenvalue weighted by molar-refractivity contribution is -0.150. The van der Waals surface area contributed by atoms with E-state index in [2.05, 4.69) is 10.3 Å². The van der Waals surface area contributed by atoms with Gasteiger partial charge in [-0.15, -0.1) is 0 Å². The lowest BCUT2D eigenvalue weighted by Crippen LogP contribution is -2.40. The monoisotopic (exact) mass is 381 g/mol. The van der Waals surface area contributed by atoms with Gasteiger partial charge in [-0.1, -0.05) is 19.9 Å². The summed E-state index contributed by atoms with van der Waals surface area (Å²) in [4.78, 5) is 42.5. The molecule has 1 aliphatic rings. The van der Waals surface area contributed by atoms with E-state index in [0.717, 1.165) is 0 Å². The minimum absolute atomic E-state index is 0.0760. The lowest BCUT2D eigenvalue weighted by Gasteiger charge is -2.28. The molecule has 1 fully saturated rings. The second kappa shape index (κ2) is 7.80. The van der Waals surface area contributed by atoms with E-state index in [1.807, 2.05) is 13.8 Å². The zero-order valence-electron chi connectivity index (χ0n) is 15.9. The molecule has 0 aliphatic carbocycles. The fourth-order valence-electron chi connectivity index (χ4n) is 3.51. The van der Waals surface area contributed by atoms with E-state index in [-0.39, 0.29) is 24.3 Å². The summed E-state index contributed by atoms with van der Waals surface area (Å²) < 4.78 is 0. The van der Waals surface area contributed by atoms with Crippen LogP contribution in [0.4, 0.5) is 5.69 Å². The standard InChI is InChI=1S/C21H23N3O4/c1-14(2)21(20(27)28)8-10-24(13-21)19(26)15-5-3-7-17(11-15)23-18(25)16-6-4-9-22-12-16/h3-7,9,11-12,14H,8,10,13H2,1-2H3,(H,23,25)(H,27,28). The molecule has 1 aliphatic heterocycles.